The average molecular weight is 479 g/mol. The van der Waals surface area contributed by atoms with E-state index >= 15 is 0 Å². The summed E-state index contributed by atoms with van der Waals surface area (Å²) in [5.41, 5.74) is 4.71. The van der Waals surface area contributed by atoms with E-state index in [1.807, 2.05) is 31.2 Å². The molecule has 1 saturated carbocycles. The number of carboxylic acid groups (broad SMARTS) is 1. The predicted molar refractivity (Wildman–Crippen MR) is 133 cm³/mol. The number of rotatable bonds is 9. The van der Waals surface area contributed by atoms with Gasteiger partial charge in [0.05, 0.1) is 0 Å². The quantitative estimate of drug-likeness (QED) is 0.485. The Bertz CT molecular complexity index is 1020. The van der Waals surface area contributed by atoms with E-state index in [9.17, 15) is 14.4 Å². The molecule has 7 nitrogen and oxygen atoms in total. The number of aliphatic carboxylic acids is 1. The predicted octanol–water partition coefficient (Wildman–Crippen LogP) is 4.70. The molecule has 1 unspecified atom stereocenters. The Morgan fingerprint density at radius 2 is 1.63 bits per heavy atom. The first-order valence-electron chi connectivity index (χ1n) is 12.5. The molecule has 0 radical (unpaired) electrons. The Morgan fingerprint density at radius 1 is 1.00 bits per heavy atom. The van der Waals surface area contributed by atoms with E-state index in [0.717, 1.165) is 25.7 Å². The number of benzene rings is 2. The molecule has 0 aliphatic heterocycles. The lowest BCUT2D eigenvalue weighted by atomic mass is 9.78. The zero-order chi connectivity index (χ0) is 24.8. The summed E-state index contributed by atoms with van der Waals surface area (Å²) in [5, 5.41) is 14.7. The third kappa shape index (κ3) is 6.02. The second kappa shape index (κ2) is 11.4. The van der Waals surface area contributed by atoms with Crippen LogP contribution >= 0.6 is 0 Å². The number of carboxylic acids is 1. The molecular weight excluding hydrogens is 444 g/mol. The average Bonchev–Trinajstić information content (AvgIpc) is 3.19. The van der Waals surface area contributed by atoms with Crippen molar-refractivity contribution in [3.8, 4) is 11.1 Å². The Kier molecular flexibility index (Phi) is 8.06. The second-order valence-corrected chi connectivity index (χ2v) is 9.70. The van der Waals surface area contributed by atoms with Crippen molar-refractivity contribution in [3.05, 3.63) is 59.7 Å². The maximum absolute atomic E-state index is 12.8. The van der Waals surface area contributed by atoms with E-state index in [1.54, 1.807) is 0 Å². The van der Waals surface area contributed by atoms with Gasteiger partial charge in [-0.15, -0.1) is 0 Å². The zero-order valence-corrected chi connectivity index (χ0v) is 20.2. The van der Waals surface area contributed by atoms with Crippen LogP contribution in [0.1, 0.15) is 62.5 Å². The summed E-state index contributed by atoms with van der Waals surface area (Å²) < 4.78 is 5.64. The number of hydrogen-bond donors (Lipinski definition) is 3. The highest BCUT2D eigenvalue weighted by atomic mass is 16.5. The third-order valence-electron chi connectivity index (χ3n) is 7.28. The van der Waals surface area contributed by atoms with Gasteiger partial charge in [0.2, 0.25) is 5.91 Å². The Hall–Kier alpha value is -3.35. The number of alkyl carbamates (subject to hydrolysis) is 1. The van der Waals surface area contributed by atoms with Crippen LogP contribution in [0.2, 0.25) is 0 Å². The molecule has 2 aliphatic carbocycles. The number of amides is 2. The molecule has 2 amide bonds. The van der Waals surface area contributed by atoms with Crippen LogP contribution in [0.3, 0.4) is 0 Å². The molecule has 0 saturated heterocycles. The molecule has 35 heavy (non-hydrogen) atoms. The van der Waals surface area contributed by atoms with E-state index in [4.69, 9.17) is 9.84 Å². The Labute approximate surface area is 206 Å². The molecule has 3 atom stereocenters. The molecule has 7 heteroatoms. The first-order chi connectivity index (χ1) is 16.9. The molecular formula is C28H34N2O5. The van der Waals surface area contributed by atoms with Crippen molar-refractivity contribution < 1.29 is 24.2 Å². The highest BCUT2D eigenvalue weighted by molar-refractivity contribution is 5.80. The molecule has 0 spiro atoms. The van der Waals surface area contributed by atoms with Gasteiger partial charge in [-0.05, 0) is 54.4 Å². The summed E-state index contributed by atoms with van der Waals surface area (Å²) in [6, 6.07) is 16.2. The van der Waals surface area contributed by atoms with Crippen LogP contribution in [0.15, 0.2) is 48.5 Å². The standard InChI is InChI=1S/C28H34N2O5/c1-18(14-15-26(31)32)30-27(33)20-9-3-2-8-19(20)16-29-28(34)35-17-25-23-12-6-4-10-21(23)22-11-5-7-13-24(22)25/h4-7,10-13,18-20,25H,2-3,8-9,14-17H2,1H3,(H,29,34)(H,30,33)(H,31,32)/t18?,19-,20-/m1/s1. The van der Waals surface area contributed by atoms with Crippen molar-refractivity contribution in [1.29, 1.82) is 0 Å². The van der Waals surface area contributed by atoms with Crippen LogP contribution in [0, 0.1) is 11.8 Å². The number of carbonyl (C=O) groups excluding carboxylic acids is 2. The van der Waals surface area contributed by atoms with Crippen molar-refractivity contribution in [2.75, 3.05) is 13.2 Å². The molecule has 1 fully saturated rings. The van der Waals surface area contributed by atoms with Crippen molar-refractivity contribution in [1.82, 2.24) is 10.6 Å². The number of carbonyl (C=O) groups is 3. The van der Waals surface area contributed by atoms with Gasteiger partial charge in [0, 0.05) is 30.8 Å². The third-order valence-corrected chi connectivity index (χ3v) is 7.28. The van der Waals surface area contributed by atoms with Gasteiger partial charge in [-0.25, -0.2) is 4.79 Å². The zero-order valence-electron chi connectivity index (χ0n) is 20.2. The maximum Gasteiger partial charge on any atom is 0.407 e. The van der Waals surface area contributed by atoms with E-state index in [-0.39, 0.29) is 42.7 Å². The fourth-order valence-electron chi connectivity index (χ4n) is 5.42. The summed E-state index contributed by atoms with van der Waals surface area (Å²) in [6.07, 6.45) is 3.60. The number of hydrogen-bond acceptors (Lipinski definition) is 4. The van der Waals surface area contributed by atoms with Crippen LogP contribution in [0.4, 0.5) is 4.79 Å². The number of nitrogens with one attached hydrogen (secondary N) is 2. The SMILES string of the molecule is CC(CCC(=O)O)NC(=O)[C@@H]1CCCC[C@@H]1CNC(=O)OCC1c2ccccc2-c2ccccc21. The first-order valence-corrected chi connectivity index (χ1v) is 12.5. The van der Waals surface area contributed by atoms with Gasteiger partial charge in [0.25, 0.3) is 0 Å². The van der Waals surface area contributed by atoms with E-state index in [2.05, 4.69) is 34.9 Å². The fourth-order valence-corrected chi connectivity index (χ4v) is 5.42. The molecule has 4 rings (SSSR count). The largest absolute Gasteiger partial charge is 0.481 e. The molecule has 0 bridgehead atoms. The monoisotopic (exact) mass is 478 g/mol. The topological polar surface area (TPSA) is 105 Å². The van der Waals surface area contributed by atoms with Gasteiger partial charge < -0.3 is 20.5 Å². The van der Waals surface area contributed by atoms with Crippen molar-refractivity contribution in [3.63, 3.8) is 0 Å². The summed E-state index contributed by atoms with van der Waals surface area (Å²) in [6.45, 7) is 2.47. The van der Waals surface area contributed by atoms with Gasteiger partial charge in [-0.1, -0.05) is 61.4 Å². The first kappa shape index (κ1) is 24.8. The van der Waals surface area contributed by atoms with E-state index in [1.165, 1.54) is 22.3 Å². The van der Waals surface area contributed by atoms with Crippen molar-refractivity contribution in [2.24, 2.45) is 11.8 Å². The lowest BCUT2D eigenvalue weighted by Gasteiger charge is -2.31. The van der Waals surface area contributed by atoms with Crippen LogP contribution < -0.4 is 10.6 Å². The smallest absolute Gasteiger partial charge is 0.407 e. The van der Waals surface area contributed by atoms with Gasteiger partial charge in [-0.3, -0.25) is 9.59 Å². The molecule has 2 aromatic rings. The van der Waals surface area contributed by atoms with Gasteiger partial charge in [-0.2, -0.15) is 0 Å². The summed E-state index contributed by atoms with van der Waals surface area (Å²) in [7, 11) is 0. The second-order valence-electron chi connectivity index (χ2n) is 9.70. The lowest BCUT2D eigenvalue weighted by molar-refractivity contribution is -0.137. The maximum atomic E-state index is 12.8. The molecule has 186 valence electrons. The molecule has 2 aromatic carbocycles. The van der Waals surface area contributed by atoms with Gasteiger partial charge >= 0.3 is 12.1 Å². The van der Waals surface area contributed by atoms with Crippen LogP contribution in [0.5, 0.6) is 0 Å². The van der Waals surface area contributed by atoms with Gasteiger partial charge in [0.15, 0.2) is 0 Å². The lowest BCUT2D eigenvalue weighted by Crippen LogP contribution is -2.44. The summed E-state index contributed by atoms with van der Waals surface area (Å²) >= 11 is 0. The van der Waals surface area contributed by atoms with Crippen LogP contribution in [0.25, 0.3) is 11.1 Å². The minimum absolute atomic E-state index is 0.00801. The van der Waals surface area contributed by atoms with Crippen molar-refractivity contribution >= 4 is 18.0 Å². The highest BCUT2D eigenvalue weighted by Crippen LogP contribution is 2.44. The Morgan fingerprint density at radius 3 is 2.29 bits per heavy atom. The molecule has 3 N–H and O–H groups in total. The minimum Gasteiger partial charge on any atom is -0.481 e. The normalized spacial score (nSPS) is 19.8. The fraction of sp³-hybridized carbons (Fsp3) is 0.464. The Balaban J connectivity index is 1.29. The van der Waals surface area contributed by atoms with Crippen molar-refractivity contribution in [2.45, 2.75) is 57.4 Å². The number of ether oxygens (including phenoxy) is 1. The van der Waals surface area contributed by atoms with Crippen LogP contribution in [-0.4, -0.2) is 42.3 Å². The minimum atomic E-state index is -0.867. The summed E-state index contributed by atoms with van der Waals surface area (Å²) in [5.74, 6) is -1.06. The van der Waals surface area contributed by atoms with E-state index in [0.29, 0.717) is 13.0 Å². The van der Waals surface area contributed by atoms with Gasteiger partial charge in [0.1, 0.15) is 6.61 Å². The summed E-state index contributed by atoms with van der Waals surface area (Å²) in [4.78, 5) is 36.2. The molecule has 2 aliphatic rings. The highest BCUT2D eigenvalue weighted by Gasteiger charge is 2.32. The molecule has 0 aromatic heterocycles. The van der Waals surface area contributed by atoms with Crippen LogP contribution in [-0.2, 0) is 14.3 Å². The van der Waals surface area contributed by atoms with E-state index < -0.39 is 12.1 Å². The molecule has 0 heterocycles. The number of fused-ring (bicyclic) bond motifs is 3.